The molecular formula is C14H17NO2. The lowest BCUT2D eigenvalue weighted by Gasteiger charge is -2.18. The molecule has 90 valence electrons. The first-order valence-electron chi connectivity index (χ1n) is 5.72. The maximum Gasteiger partial charge on any atom is 0.243 e. The number of benzene rings is 1. The number of amides is 1. The zero-order valence-electron chi connectivity index (χ0n) is 10.2. The van der Waals surface area contributed by atoms with E-state index < -0.39 is 0 Å². The Morgan fingerprint density at radius 3 is 3.06 bits per heavy atom. The number of fused-ring (bicyclic) bond motifs is 1. The van der Waals surface area contributed by atoms with E-state index in [-0.39, 0.29) is 11.5 Å². The van der Waals surface area contributed by atoms with Crippen molar-refractivity contribution in [2.45, 2.75) is 32.4 Å². The molecule has 1 aromatic rings. The molecule has 0 radical (unpaired) electrons. The molecule has 0 aromatic heterocycles. The predicted octanol–water partition coefficient (Wildman–Crippen LogP) is 2.20. The second-order valence-electron chi connectivity index (χ2n) is 4.87. The van der Waals surface area contributed by atoms with E-state index >= 15 is 0 Å². The zero-order chi connectivity index (χ0) is 12.5. The van der Waals surface area contributed by atoms with Gasteiger partial charge in [0, 0.05) is 18.5 Å². The molecule has 1 amide bonds. The molecule has 17 heavy (non-hydrogen) atoms. The molecule has 1 aromatic carbocycles. The van der Waals surface area contributed by atoms with E-state index in [2.05, 4.69) is 31.8 Å². The number of carbonyl (C=O) groups is 1. The van der Waals surface area contributed by atoms with Gasteiger partial charge >= 0.3 is 0 Å². The van der Waals surface area contributed by atoms with Gasteiger partial charge in [-0.1, -0.05) is 24.8 Å². The van der Waals surface area contributed by atoms with E-state index in [0.717, 1.165) is 17.7 Å². The van der Waals surface area contributed by atoms with Crippen LogP contribution in [0.4, 0.5) is 0 Å². The summed E-state index contributed by atoms with van der Waals surface area (Å²) in [6.45, 7) is 8.04. The van der Waals surface area contributed by atoms with Gasteiger partial charge in [0.15, 0.2) is 0 Å². The molecule has 0 aliphatic carbocycles. The molecule has 3 nitrogen and oxygen atoms in total. The van der Waals surface area contributed by atoms with Gasteiger partial charge in [0.2, 0.25) is 5.91 Å². The monoisotopic (exact) mass is 231 g/mol. The highest BCUT2D eigenvalue weighted by atomic mass is 16.5. The highest BCUT2D eigenvalue weighted by Gasteiger charge is 2.31. The zero-order valence-corrected chi connectivity index (χ0v) is 10.2. The summed E-state index contributed by atoms with van der Waals surface area (Å²) in [7, 11) is 0. The van der Waals surface area contributed by atoms with Crippen molar-refractivity contribution in [2.75, 3.05) is 0 Å². The number of carbonyl (C=O) groups excluding carboxylic acids is 1. The third kappa shape index (κ3) is 2.49. The van der Waals surface area contributed by atoms with Crippen LogP contribution in [-0.4, -0.2) is 11.5 Å². The Labute approximate surface area is 101 Å². The minimum Gasteiger partial charge on any atom is -0.487 e. The quantitative estimate of drug-likeness (QED) is 0.810. The fourth-order valence-electron chi connectivity index (χ4n) is 2.07. The molecular weight excluding hydrogens is 214 g/mol. The van der Waals surface area contributed by atoms with Crippen LogP contribution in [0, 0.1) is 0 Å². The van der Waals surface area contributed by atoms with Crippen molar-refractivity contribution in [1.82, 2.24) is 5.32 Å². The van der Waals surface area contributed by atoms with Crippen LogP contribution in [-0.2, 0) is 17.8 Å². The third-order valence-electron chi connectivity index (χ3n) is 2.81. The summed E-state index contributed by atoms with van der Waals surface area (Å²) in [5.41, 5.74) is 2.07. The number of ether oxygens (including phenoxy) is 1. The summed E-state index contributed by atoms with van der Waals surface area (Å²) in [5, 5.41) is 2.77. The number of para-hydroxylation sites is 1. The van der Waals surface area contributed by atoms with Gasteiger partial charge < -0.3 is 10.1 Å². The minimum absolute atomic E-state index is 0.152. The van der Waals surface area contributed by atoms with Gasteiger partial charge in [-0.15, -0.1) is 0 Å². The van der Waals surface area contributed by atoms with E-state index in [1.165, 1.54) is 11.6 Å². The Hall–Kier alpha value is -1.77. The van der Waals surface area contributed by atoms with Crippen LogP contribution in [0.15, 0.2) is 30.9 Å². The maximum atomic E-state index is 11.1. The molecule has 1 aliphatic heterocycles. The van der Waals surface area contributed by atoms with Crippen molar-refractivity contribution in [3.63, 3.8) is 0 Å². The second kappa shape index (κ2) is 4.24. The van der Waals surface area contributed by atoms with Gasteiger partial charge in [-0.2, -0.15) is 0 Å². The lowest BCUT2D eigenvalue weighted by molar-refractivity contribution is -0.116. The van der Waals surface area contributed by atoms with Gasteiger partial charge in [-0.25, -0.2) is 0 Å². The first-order chi connectivity index (χ1) is 8.02. The Bertz CT molecular complexity index is 463. The lowest BCUT2D eigenvalue weighted by Crippen LogP contribution is -2.25. The second-order valence-corrected chi connectivity index (χ2v) is 4.87. The molecule has 2 rings (SSSR count). The summed E-state index contributed by atoms with van der Waals surface area (Å²) in [5.74, 6) is 0.752. The summed E-state index contributed by atoms with van der Waals surface area (Å²) in [6.07, 6.45) is 2.18. The average molecular weight is 231 g/mol. The summed E-state index contributed by atoms with van der Waals surface area (Å²) >= 11 is 0. The molecule has 0 saturated heterocycles. The van der Waals surface area contributed by atoms with E-state index in [9.17, 15) is 4.79 Å². The first kappa shape index (κ1) is 11.7. The topological polar surface area (TPSA) is 38.3 Å². The normalized spacial score (nSPS) is 15.9. The average Bonchev–Trinajstić information content (AvgIpc) is 2.60. The van der Waals surface area contributed by atoms with Crippen LogP contribution in [0.5, 0.6) is 5.75 Å². The van der Waals surface area contributed by atoms with Crippen LogP contribution in [0.2, 0.25) is 0 Å². The Balaban J connectivity index is 2.18. The van der Waals surface area contributed by atoms with Crippen molar-refractivity contribution in [3.8, 4) is 5.75 Å². The summed E-state index contributed by atoms with van der Waals surface area (Å²) < 4.78 is 5.91. The van der Waals surface area contributed by atoms with Crippen LogP contribution in [0.25, 0.3) is 0 Å². The Kier molecular flexibility index (Phi) is 2.92. The molecule has 3 heteroatoms. The van der Waals surface area contributed by atoms with Crippen molar-refractivity contribution >= 4 is 5.91 Å². The predicted molar refractivity (Wildman–Crippen MR) is 66.9 cm³/mol. The van der Waals surface area contributed by atoms with Gasteiger partial charge in [-0.3, -0.25) is 4.79 Å². The number of hydrogen-bond donors (Lipinski definition) is 1. The molecule has 0 unspecified atom stereocenters. The summed E-state index contributed by atoms with van der Waals surface area (Å²) in [6, 6.07) is 6.05. The van der Waals surface area contributed by atoms with Crippen molar-refractivity contribution < 1.29 is 9.53 Å². The van der Waals surface area contributed by atoms with Crippen LogP contribution in [0.3, 0.4) is 0 Å². The Morgan fingerprint density at radius 1 is 1.59 bits per heavy atom. The number of nitrogens with one attached hydrogen (secondary N) is 1. The molecule has 0 fully saturated rings. The van der Waals surface area contributed by atoms with E-state index in [1.807, 2.05) is 12.1 Å². The van der Waals surface area contributed by atoms with E-state index in [1.54, 1.807) is 0 Å². The lowest BCUT2D eigenvalue weighted by atomic mass is 10.0. The van der Waals surface area contributed by atoms with Crippen LogP contribution in [0.1, 0.15) is 25.0 Å². The maximum absolute atomic E-state index is 11.1. The minimum atomic E-state index is -0.167. The van der Waals surface area contributed by atoms with Crippen molar-refractivity contribution in [3.05, 3.63) is 42.0 Å². The van der Waals surface area contributed by atoms with Gasteiger partial charge in [0.25, 0.3) is 0 Å². The van der Waals surface area contributed by atoms with Gasteiger partial charge in [-0.05, 0) is 25.5 Å². The highest BCUT2D eigenvalue weighted by Crippen LogP contribution is 2.37. The van der Waals surface area contributed by atoms with Gasteiger partial charge in [0.05, 0.1) is 0 Å². The van der Waals surface area contributed by atoms with Crippen molar-refractivity contribution in [2.24, 2.45) is 0 Å². The number of rotatable bonds is 3. The van der Waals surface area contributed by atoms with Gasteiger partial charge in [0.1, 0.15) is 11.4 Å². The smallest absolute Gasteiger partial charge is 0.243 e. The molecule has 0 bridgehead atoms. The molecule has 0 atom stereocenters. The third-order valence-corrected chi connectivity index (χ3v) is 2.81. The van der Waals surface area contributed by atoms with Crippen LogP contribution >= 0.6 is 0 Å². The fraction of sp³-hybridized carbons (Fsp3) is 0.357. The highest BCUT2D eigenvalue weighted by molar-refractivity contribution is 5.86. The van der Waals surface area contributed by atoms with Crippen LogP contribution < -0.4 is 10.1 Å². The standard InChI is InChI=1S/C14H17NO2/c1-4-12(16)15-9-11-7-5-6-10-8-14(2,3)17-13(10)11/h4-7H,1,8-9H2,2-3H3,(H,15,16). The van der Waals surface area contributed by atoms with E-state index in [4.69, 9.17) is 4.74 Å². The van der Waals surface area contributed by atoms with E-state index in [0.29, 0.717) is 6.54 Å². The largest absolute Gasteiger partial charge is 0.487 e. The first-order valence-corrected chi connectivity index (χ1v) is 5.72. The molecule has 0 spiro atoms. The SMILES string of the molecule is C=CC(=O)NCc1cccc2c1OC(C)(C)C2. The molecule has 1 heterocycles. The molecule has 1 aliphatic rings. The summed E-state index contributed by atoms with van der Waals surface area (Å²) in [4.78, 5) is 11.1. The van der Waals surface area contributed by atoms with Crippen molar-refractivity contribution in [1.29, 1.82) is 0 Å². The molecule has 1 N–H and O–H groups in total. The molecule has 0 saturated carbocycles. The Morgan fingerprint density at radius 2 is 2.35 bits per heavy atom. The fourth-order valence-corrected chi connectivity index (χ4v) is 2.07. The number of hydrogen-bond acceptors (Lipinski definition) is 2.